The number of ether oxygens (including phenoxy) is 1. The van der Waals surface area contributed by atoms with Crippen LogP contribution in [0.15, 0.2) is 22.7 Å². The lowest BCUT2D eigenvalue weighted by atomic mass is 10.2. The molecule has 19 heavy (non-hydrogen) atoms. The van der Waals surface area contributed by atoms with Gasteiger partial charge in [-0.2, -0.15) is 0 Å². The van der Waals surface area contributed by atoms with Crippen molar-refractivity contribution in [3.63, 3.8) is 0 Å². The van der Waals surface area contributed by atoms with Gasteiger partial charge in [-0.05, 0) is 52.9 Å². The van der Waals surface area contributed by atoms with Gasteiger partial charge in [0.2, 0.25) is 0 Å². The van der Waals surface area contributed by atoms with Crippen LogP contribution in [0.5, 0.6) is 0 Å². The van der Waals surface area contributed by atoms with Crippen LogP contribution >= 0.6 is 15.9 Å². The number of nitrogens with one attached hydrogen (secondary N) is 1. The van der Waals surface area contributed by atoms with E-state index in [0.29, 0.717) is 12.5 Å². The minimum atomic E-state index is -0.524. The number of benzene rings is 1. The molecule has 0 aliphatic heterocycles. The summed E-state index contributed by atoms with van der Waals surface area (Å²) in [7, 11) is 0. The number of halogens is 2. The van der Waals surface area contributed by atoms with Crippen LogP contribution in [0.4, 0.5) is 4.39 Å². The third kappa shape index (κ3) is 4.31. The lowest BCUT2D eigenvalue weighted by Crippen LogP contribution is -2.31. The molecule has 1 aromatic rings. The molecular weight excluding hydrogens is 317 g/mol. The molecule has 2 rings (SSSR count). The molecule has 0 saturated heterocycles. The first kappa shape index (κ1) is 14.0. The van der Waals surface area contributed by atoms with Crippen LogP contribution in [0.1, 0.15) is 23.2 Å². The summed E-state index contributed by atoms with van der Waals surface area (Å²) in [4.78, 5) is 23.0. The molecular formula is C13H13BrFNO3. The largest absolute Gasteiger partial charge is 0.464 e. The van der Waals surface area contributed by atoms with Gasteiger partial charge in [-0.3, -0.25) is 9.59 Å². The summed E-state index contributed by atoms with van der Waals surface area (Å²) in [6.07, 6.45) is 2.19. The first-order valence-corrected chi connectivity index (χ1v) is 6.74. The molecule has 102 valence electrons. The van der Waals surface area contributed by atoms with Crippen LogP contribution in [0.3, 0.4) is 0 Å². The third-order valence-corrected chi connectivity index (χ3v) is 3.40. The molecule has 0 spiro atoms. The van der Waals surface area contributed by atoms with Crippen molar-refractivity contribution in [1.29, 1.82) is 0 Å². The summed E-state index contributed by atoms with van der Waals surface area (Å²) in [5, 5.41) is 2.39. The Hall–Kier alpha value is -1.43. The molecule has 4 nitrogen and oxygen atoms in total. The molecule has 1 amide bonds. The lowest BCUT2D eigenvalue weighted by molar-refractivity contribution is -0.142. The van der Waals surface area contributed by atoms with E-state index < -0.39 is 17.7 Å². The smallest absolute Gasteiger partial charge is 0.325 e. The number of hydrogen-bond acceptors (Lipinski definition) is 3. The topological polar surface area (TPSA) is 55.4 Å². The van der Waals surface area contributed by atoms with Crippen LogP contribution in [0, 0.1) is 11.7 Å². The maximum absolute atomic E-state index is 13.2. The van der Waals surface area contributed by atoms with Gasteiger partial charge in [-0.25, -0.2) is 4.39 Å². The summed E-state index contributed by atoms with van der Waals surface area (Å²) in [6.45, 7) is 0.213. The standard InChI is InChI=1S/C13H13BrFNO3/c14-10-4-3-9(5-11(10)15)13(18)16-6-12(17)19-7-8-1-2-8/h3-5,8H,1-2,6-7H2,(H,16,18). The molecule has 1 fully saturated rings. The average molecular weight is 330 g/mol. The van der Waals surface area contributed by atoms with Gasteiger partial charge < -0.3 is 10.1 Å². The highest BCUT2D eigenvalue weighted by molar-refractivity contribution is 9.10. The van der Waals surface area contributed by atoms with Crippen molar-refractivity contribution in [3.8, 4) is 0 Å². The summed E-state index contributed by atoms with van der Waals surface area (Å²) in [5.41, 5.74) is 0.163. The Labute approximate surface area is 118 Å². The maximum atomic E-state index is 13.2. The summed E-state index contributed by atoms with van der Waals surface area (Å²) < 4.78 is 18.5. The molecule has 6 heteroatoms. The zero-order chi connectivity index (χ0) is 13.8. The van der Waals surface area contributed by atoms with Crippen LogP contribution in [-0.4, -0.2) is 25.0 Å². The van der Waals surface area contributed by atoms with E-state index in [1.807, 2.05) is 0 Å². The van der Waals surface area contributed by atoms with E-state index in [1.54, 1.807) is 0 Å². The lowest BCUT2D eigenvalue weighted by Gasteiger charge is -2.06. The molecule has 0 aromatic heterocycles. The molecule has 1 N–H and O–H groups in total. The Morgan fingerprint density at radius 1 is 1.42 bits per heavy atom. The summed E-state index contributed by atoms with van der Waals surface area (Å²) in [5.74, 6) is -1.02. The summed E-state index contributed by atoms with van der Waals surface area (Å²) in [6, 6.07) is 4.02. The Kier molecular flexibility index (Phi) is 4.52. The third-order valence-electron chi connectivity index (χ3n) is 2.75. The average Bonchev–Trinajstić information content (AvgIpc) is 3.20. The van der Waals surface area contributed by atoms with Gasteiger partial charge in [0.1, 0.15) is 12.4 Å². The SMILES string of the molecule is O=C(CNC(=O)c1ccc(Br)c(F)c1)OCC1CC1. The number of amides is 1. The van der Waals surface area contributed by atoms with Crippen LogP contribution in [0.25, 0.3) is 0 Å². The van der Waals surface area contributed by atoms with Crippen molar-refractivity contribution in [1.82, 2.24) is 5.32 Å². The normalized spacial score (nSPS) is 14.0. The molecule has 1 aliphatic rings. The Bertz CT molecular complexity index is 503. The predicted octanol–water partition coefficient (Wildman–Crippen LogP) is 2.27. The van der Waals surface area contributed by atoms with E-state index in [0.717, 1.165) is 18.9 Å². The zero-order valence-corrected chi connectivity index (χ0v) is 11.7. The highest BCUT2D eigenvalue weighted by atomic mass is 79.9. The minimum Gasteiger partial charge on any atom is -0.464 e. The van der Waals surface area contributed by atoms with Gasteiger partial charge in [0.05, 0.1) is 11.1 Å². The first-order valence-electron chi connectivity index (χ1n) is 5.95. The van der Waals surface area contributed by atoms with Crippen molar-refractivity contribution < 1.29 is 18.7 Å². The van der Waals surface area contributed by atoms with Gasteiger partial charge in [0, 0.05) is 5.56 Å². The number of carbonyl (C=O) groups excluding carboxylic acids is 2. The Balaban J connectivity index is 1.79. The number of rotatable bonds is 5. The van der Waals surface area contributed by atoms with Gasteiger partial charge in [-0.1, -0.05) is 0 Å². The van der Waals surface area contributed by atoms with Crippen molar-refractivity contribution in [2.75, 3.05) is 13.2 Å². The Morgan fingerprint density at radius 3 is 2.79 bits per heavy atom. The van der Waals surface area contributed by atoms with Crippen molar-refractivity contribution >= 4 is 27.8 Å². The fraction of sp³-hybridized carbons (Fsp3) is 0.385. The second-order valence-corrected chi connectivity index (χ2v) is 5.29. The van der Waals surface area contributed by atoms with E-state index in [2.05, 4.69) is 21.2 Å². The molecule has 1 saturated carbocycles. The van der Waals surface area contributed by atoms with Crippen molar-refractivity contribution in [2.24, 2.45) is 5.92 Å². The second kappa shape index (κ2) is 6.14. The van der Waals surface area contributed by atoms with Gasteiger partial charge in [-0.15, -0.1) is 0 Å². The number of hydrogen-bond donors (Lipinski definition) is 1. The highest BCUT2D eigenvalue weighted by Crippen LogP contribution is 2.28. The van der Waals surface area contributed by atoms with E-state index in [-0.39, 0.29) is 16.6 Å². The molecule has 0 radical (unpaired) electrons. The van der Waals surface area contributed by atoms with Gasteiger partial charge in [0.15, 0.2) is 0 Å². The Morgan fingerprint density at radius 2 is 2.16 bits per heavy atom. The minimum absolute atomic E-state index is 0.163. The monoisotopic (exact) mass is 329 g/mol. The van der Waals surface area contributed by atoms with Crippen LogP contribution in [0.2, 0.25) is 0 Å². The van der Waals surface area contributed by atoms with Gasteiger partial charge >= 0.3 is 5.97 Å². The number of carbonyl (C=O) groups is 2. The molecule has 0 bridgehead atoms. The maximum Gasteiger partial charge on any atom is 0.325 e. The highest BCUT2D eigenvalue weighted by Gasteiger charge is 2.23. The molecule has 0 unspecified atom stereocenters. The quantitative estimate of drug-likeness (QED) is 0.843. The van der Waals surface area contributed by atoms with Crippen LogP contribution < -0.4 is 5.32 Å². The second-order valence-electron chi connectivity index (χ2n) is 4.44. The molecule has 0 atom stereocenters. The van der Waals surface area contributed by atoms with E-state index >= 15 is 0 Å². The van der Waals surface area contributed by atoms with Gasteiger partial charge in [0.25, 0.3) is 5.91 Å². The van der Waals surface area contributed by atoms with Crippen LogP contribution in [-0.2, 0) is 9.53 Å². The number of esters is 1. The molecule has 1 aromatic carbocycles. The van der Waals surface area contributed by atoms with Crippen molar-refractivity contribution in [2.45, 2.75) is 12.8 Å². The van der Waals surface area contributed by atoms with E-state index in [4.69, 9.17) is 4.74 Å². The predicted molar refractivity (Wildman–Crippen MR) is 70.1 cm³/mol. The zero-order valence-electron chi connectivity index (χ0n) is 10.1. The first-order chi connectivity index (χ1) is 9.06. The molecule has 0 heterocycles. The fourth-order valence-electron chi connectivity index (χ4n) is 1.44. The summed E-state index contributed by atoms with van der Waals surface area (Å²) >= 11 is 3.00. The van der Waals surface area contributed by atoms with Crippen molar-refractivity contribution in [3.05, 3.63) is 34.1 Å². The fourth-order valence-corrected chi connectivity index (χ4v) is 1.68. The van der Waals surface area contributed by atoms with E-state index in [1.165, 1.54) is 12.1 Å². The molecule has 1 aliphatic carbocycles. The van der Waals surface area contributed by atoms with E-state index in [9.17, 15) is 14.0 Å².